The number of carbonyl (C=O) groups excluding carboxylic acids is 1. The fraction of sp³-hybridized carbons (Fsp3) is 0.889. The Morgan fingerprint density at radius 2 is 2.54 bits per heavy atom. The summed E-state index contributed by atoms with van der Waals surface area (Å²) in [4.78, 5) is 13.1. The standard InChI is InChI=1S/C9H16N2O2/c12-9-5-10-7-11(9)3-1-8-2-4-13-6-8/h8,10H,1-7H2. The number of carbonyl (C=O) groups is 1. The highest BCUT2D eigenvalue weighted by Gasteiger charge is 2.22. The van der Waals surface area contributed by atoms with Crippen LogP contribution in [0, 0.1) is 5.92 Å². The van der Waals surface area contributed by atoms with E-state index in [0.717, 1.165) is 39.3 Å². The maximum Gasteiger partial charge on any atom is 0.237 e. The summed E-state index contributed by atoms with van der Waals surface area (Å²) in [6.07, 6.45) is 2.25. The monoisotopic (exact) mass is 184 g/mol. The summed E-state index contributed by atoms with van der Waals surface area (Å²) in [5, 5.41) is 3.04. The van der Waals surface area contributed by atoms with Gasteiger partial charge in [0.1, 0.15) is 0 Å². The predicted octanol–water partition coefficient (Wildman–Crippen LogP) is -0.198. The van der Waals surface area contributed by atoms with E-state index in [-0.39, 0.29) is 5.91 Å². The minimum atomic E-state index is 0.235. The molecule has 2 rings (SSSR count). The fourth-order valence-electron chi connectivity index (χ4n) is 1.85. The van der Waals surface area contributed by atoms with E-state index >= 15 is 0 Å². The molecule has 4 heteroatoms. The Bertz CT molecular complexity index is 190. The molecule has 0 radical (unpaired) electrons. The van der Waals surface area contributed by atoms with Crippen molar-refractivity contribution in [3.05, 3.63) is 0 Å². The summed E-state index contributed by atoms with van der Waals surface area (Å²) in [6.45, 7) is 3.92. The van der Waals surface area contributed by atoms with E-state index in [2.05, 4.69) is 5.32 Å². The predicted molar refractivity (Wildman–Crippen MR) is 48.1 cm³/mol. The molecular weight excluding hydrogens is 168 g/mol. The molecule has 0 saturated carbocycles. The van der Waals surface area contributed by atoms with E-state index in [0.29, 0.717) is 12.5 Å². The fourth-order valence-corrected chi connectivity index (χ4v) is 1.85. The third kappa shape index (κ3) is 2.19. The van der Waals surface area contributed by atoms with Gasteiger partial charge in [0.2, 0.25) is 5.91 Å². The molecule has 1 amide bonds. The quantitative estimate of drug-likeness (QED) is 0.660. The van der Waals surface area contributed by atoms with Gasteiger partial charge in [-0.3, -0.25) is 10.1 Å². The second-order valence-corrected chi connectivity index (χ2v) is 3.76. The van der Waals surface area contributed by atoms with Crippen molar-refractivity contribution in [1.29, 1.82) is 0 Å². The molecule has 1 atom stereocenters. The minimum Gasteiger partial charge on any atom is -0.381 e. The first-order valence-electron chi connectivity index (χ1n) is 4.92. The van der Waals surface area contributed by atoms with Gasteiger partial charge in [0.15, 0.2) is 0 Å². The molecule has 0 bridgehead atoms. The molecule has 0 aromatic rings. The lowest BCUT2D eigenvalue weighted by Gasteiger charge is -2.16. The molecule has 74 valence electrons. The Morgan fingerprint density at radius 3 is 3.15 bits per heavy atom. The van der Waals surface area contributed by atoms with Crippen molar-refractivity contribution in [2.24, 2.45) is 5.92 Å². The van der Waals surface area contributed by atoms with Gasteiger partial charge in [-0.1, -0.05) is 0 Å². The van der Waals surface area contributed by atoms with Crippen LogP contribution < -0.4 is 5.32 Å². The van der Waals surface area contributed by atoms with Gasteiger partial charge in [-0.2, -0.15) is 0 Å². The van der Waals surface area contributed by atoms with E-state index in [9.17, 15) is 4.79 Å². The van der Waals surface area contributed by atoms with Crippen molar-refractivity contribution < 1.29 is 9.53 Å². The highest BCUT2D eigenvalue weighted by Crippen LogP contribution is 2.16. The van der Waals surface area contributed by atoms with Crippen molar-refractivity contribution >= 4 is 5.91 Å². The van der Waals surface area contributed by atoms with Crippen LogP contribution in [0.2, 0.25) is 0 Å². The highest BCUT2D eigenvalue weighted by molar-refractivity contribution is 5.79. The molecule has 2 aliphatic rings. The summed E-state index contributed by atoms with van der Waals surface area (Å²) in [7, 11) is 0. The van der Waals surface area contributed by atoms with Gasteiger partial charge in [-0.05, 0) is 18.8 Å². The molecule has 2 heterocycles. The van der Waals surface area contributed by atoms with Gasteiger partial charge in [-0.15, -0.1) is 0 Å². The van der Waals surface area contributed by atoms with E-state index in [1.54, 1.807) is 0 Å². The summed E-state index contributed by atoms with van der Waals surface area (Å²) in [6, 6.07) is 0. The zero-order chi connectivity index (χ0) is 9.10. The van der Waals surface area contributed by atoms with Crippen molar-refractivity contribution in [1.82, 2.24) is 10.2 Å². The maximum atomic E-state index is 11.2. The molecular formula is C9H16N2O2. The van der Waals surface area contributed by atoms with Gasteiger partial charge in [0.05, 0.1) is 13.2 Å². The van der Waals surface area contributed by atoms with Gasteiger partial charge in [-0.25, -0.2) is 0 Å². The Balaban J connectivity index is 1.69. The van der Waals surface area contributed by atoms with Crippen molar-refractivity contribution in [3.63, 3.8) is 0 Å². The average Bonchev–Trinajstić information content (AvgIpc) is 2.72. The van der Waals surface area contributed by atoms with E-state index in [4.69, 9.17) is 4.74 Å². The molecule has 1 N–H and O–H groups in total. The minimum absolute atomic E-state index is 0.235. The second kappa shape index (κ2) is 4.07. The van der Waals surface area contributed by atoms with Gasteiger partial charge >= 0.3 is 0 Å². The third-order valence-electron chi connectivity index (χ3n) is 2.76. The molecule has 0 aromatic heterocycles. The lowest BCUT2D eigenvalue weighted by Crippen LogP contribution is -2.28. The molecule has 4 nitrogen and oxygen atoms in total. The van der Waals surface area contributed by atoms with Crippen LogP contribution in [0.15, 0.2) is 0 Å². The lowest BCUT2D eigenvalue weighted by atomic mass is 10.1. The molecule has 2 aliphatic heterocycles. The third-order valence-corrected chi connectivity index (χ3v) is 2.76. The zero-order valence-corrected chi connectivity index (χ0v) is 7.79. The first kappa shape index (κ1) is 8.97. The summed E-state index contributed by atoms with van der Waals surface area (Å²) in [5.41, 5.74) is 0. The van der Waals surface area contributed by atoms with Gasteiger partial charge in [0, 0.05) is 19.8 Å². The highest BCUT2D eigenvalue weighted by atomic mass is 16.5. The van der Waals surface area contributed by atoms with Crippen molar-refractivity contribution in [2.75, 3.05) is 33.0 Å². The molecule has 0 aliphatic carbocycles. The van der Waals surface area contributed by atoms with Crippen LogP contribution in [0.4, 0.5) is 0 Å². The smallest absolute Gasteiger partial charge is 0.237 e. The van der Waals surface area contributed by atoms with Crippen molar-refractivity contribution in [3.8, 4) is 0 Å². The molecule has 0 spiro atoms. The Hall–Kier alpha value is -0.610. The SMILES string of the molecule is O=C1CNCN1CCC1CCOC1. The topological polar surface area (TPSA) is 41.6 Å². The largest absolute Gasteiger partial charge is 0.381 e. The Kier molecular flexibility index (Phi) is 2.80. The van der Waals surface area contributed by atoms with Crippen LogP contribution in [-0.4, -0.2) is 43.8 Å². The summed E-state index contributed by atoms with van der Waals surface area (Å²) >= 11 is 0. The van der Waals surface area contributed by atoms with Crippen LogP contribution in [0.25, 0.3) is 0 Å². The number of nitrogens with one attached hydrogen (secondary N) is 1. The number of ether oxygens (including phenoxy) is 1. The van der Waals surface area contributed by atoms with E-state index in [1.165, 1.54) is 0 Å². The lowest BCUT2D eigenvalue weighted by molar-refractivity contribution is -0.126. The Labute approximate surface area is 78.2 Å². The number of hydrogen-bond donors (Lipinski definition) is 1. The summed E-state index contributed by atoms with van der Waals surface area (Å²) < 4.78 is 5.28. The number of hydrogen-bond acceptors (Lipinski definition) is 3. The number of rotatable bonds is 3. The van der Waals surface area contributed by atoms with Crippen LogP contribution in [0.5, 0.6) is 0 Å². The van der Waals surface area contributed by atoms with Crippen LogP contribution in [0.1, 0.15) is 12.8 Å². The number of amides is 1. The zero-order valence-electron chi connectivity index (χ0n) is 7.79. The van der Waals surface area contributed by atoms with Crippen molar-refractivity contribution in [2.45, 2.75) is 12.8 Å². The van der Waals surface area contributed by atoms with E-state index in [1.807, 2.05) is 4.90 Å². The van der Waals surface area contributed by atoms with Gasteiger partial charge < -0.3 is 9.64 Å². The molecule has 13 heavy (non-hydrogen) atoms. The molecule has 2 fully saturated rings. The molecule has 2 saturated heterocycles. The van der Waals surface area contributed by atoms with E-state index < -0.39 is 0 Å². The first-order valence-corrected chi connectivity index (χ1v) is 4.92. The molecule has 1 unspecified atom stereocenters. The van der Waals surface area contributed by atoms with Crippen LogP contribution >= 0.6 is 0 Å². The van der Waals surface area contributed by atoms with Crippen LogP contribution in [0.3, 0.4) is 0 Å². The maximum absolute atomic E-state index is 11.2. The van der Waals surface area contributed by atoms with Gasteiger partial charge in [0.25, 0.3) is 0 Å². The summed E-state index contributed by atoms with van der Waals surface area (Å²) in [5.74, 6) is 0.910. The average molecular weight is 184 g/mol. The number of nitrogens with zero attached hydrogens (tertiary/aromatic N) is 1. The Morgan fingerprint density at radius 1 is 1.62 bits per heavy atom. The second-order valence-electron chi connectivity index (χ2n) is 3.76. The van der Waals surface area contributed by atoms with Crippen LogP contribution in [-0.2, 0) is 9.53 Å². The molecule has 0 aromatic carbocycles. The first-order chi connectivity index (χ1) is 6.36. The normalized spacial score (nSPS) is 28.8.